The van der Waals surface area contributed by atoms with Gasteiger partial charge in [0.05, 0.1) is 5.88 Å². The number of alkyl halides is 1. The summed E-state index contributed by atoms with van der Waals surface area (Å²) < 4.78 is 1.87. The first kappa shape index (κ1) is 10.1. The van der Waals surface area contributed by atoms with Crippen molar-refractivity contribution in [1.29, 1.82) is 0 Å². The highest BCUT2D eigenvalue weighted by molar-refractivity contribution is 6.17. The topological polar surface area (TPSA) is 43.6 Å². The van der Waals surface area contributed by atoms with E-state index in [9.17, 15) is 0 Å². The lowest BCUT2D eigenvalue weighted by molar-refractivity contribution is 0.832. The van der Waals surface area contributed by atoms with E-state index in [0.29, 0.717) is 11.8 Å². The quantitative estimate of drug-likeness (QED) is 0.746. The molecule has 0 N–H and O–H groups in total. The second-order valence-electron chi connectivity index (χ2n) is 3.09. The second-order valence-corrected chi connectivity index (χ2v) is 3.36. The van der Waals surface area contributed by atoms with Crippen molar-refractivity contribution in [2.24, 2.45) is 0 Å². The minimum absolute atomic E-state index is 0.435. The number of rotatable bonds is 3. The van der Waals surface area contributed by atoms with Crippen molar-refractivity contribution < 1.29 is 0 Å². The van der Waals surface area contributed by atoms with Gasteiger partial charge in [-0.15, -0.1) is 11.6 Å². The Labute approximate surface area is 93.0 Å². The van der Waals surface area contributed by atoms with E-state index in [1.807, 2.05) is 17.7 Å². The molecule has 0 aliphatic carbocycles. The number of nitrogens with zero attached hydrogens (tertiary/aromatic N) is 4. The van der Waals surface area contributed by atoms with Crippen LogP contribution in [0.3, 0.4) is 0 Å². The zero-order valence-corrected chi connectivity index (χ0v) is 9.15. The Morgan fingerprint density at radius 1 is 1.27 bits per heavy atom. The highest BCUT2D eigenvalue weighted by Gasteiger charge is 2.04. The van der Waals surface area contributed by atoms with Crippen molar-refractivity contribution >= 4 is 11.6 Å². The molecule has 0 aromatic carbocycles. The van der Waals surface area contributed by atoms with Crippen LogP contribution in [0, 0.1) is 0 Å². The first-order valence-electron chi connectivity index (χ1n) is 4.74. The maximum atomic E-state index is 5.66. The van der Waals surface area contributed by atoms with Crippen LogP contribution in [-0.2, 0) is 12.3 Å². The predicted molar refractivity (Wildman–Crippen MR) is 58.1 cm³/mol. The number of aromatic nitrogens is 4. The van der Waals surface area contributed by atoms with Crippen molar-refractivity contribution in [3.63, 3.8) is 0 Å². The van der Waals surface area contributed by atoms with Crippen molar-refractivity contribution in [2.75, 3.05) is 0 Å². The molecule has 0 aliphatic rings. The molecule has 0 bridgehead atoms. The monoisotopic (exact) mass is 222 g/mol. The molecule has 0 spiro atoms. The van der Waals surface area contributed by atoms with E-state index in [1.165, 1.54) is 0 Å². The fraction of sp³-hybridized carbons (Fsp3) is 0.300. The number of halogens is 1. The molecule has 4 nitrogen and oxygen atoms in total. The van der Waals surface area contributed by atoms with Gasteiger partial charge in [0.25, 0.3) is 0 Å². The third-order valence-corrected chi connectivity index (χ3v) is 2.40. The predicted octanol–water partition coefficient (Wildman–Crippen LogP) is 1.96. The molecule has 2 rings (SSSR count). The summed E-state index contributed by atoms with van der Waals surface area (Å²) in [5, 5.41) is 0. The lowest BCUT2D eigenvalue weighted by atomic mass is 10.4. The van der Waals surface area contributed by atoms with Crippen LogP contribution in [0.4, 0.5) is 0 Å². The number of hydrogen-bond donors (Lipinski definition) is 0. The summed E-state index contributed by atoms with van der Waals surface area (Å²) in [4.78, 5) is 12.7. The van der Waals surface area contributed by atoms with Gasteiger partial charge < -0.3 is 0 Å². The Morgan fingerprint density at radius 3 is 2.60 bits per heavy atom. The van der Waals surface area contributed by atoms with Gasteiger partial charge in [0.15, 0.2) is 0 Å². The molecule has 0 fully saturated rings. The van der Waals surface area contributed by atoms with Gasteiger partial charge in [0.1, 0.15) is 5.82 Å². The van der Waals surface area contributed by atoms with Crippen molar-refractivity contribution in [3.8, 4) is 5.95 Å². The van der Waals surface area contributed by atoms with Gasteiger partial charge in [-0.1, -0.05) is 6.92 Å². The minimum atomic E-state index is 0.435. The van der Waals surface area contributed by atoms with Gasteiger partial charge in [-0.2, -0.15) is 0 Å². The van der Waals surface area contributed by atoms with E-state index < -0.39 is 0 Å². The molecular formula is C10H11ClN4. The van der Waals surface area contributed by atoms with Crippen LogP contribution < -0.4 is 0 Å². The first-order chi connectivity index (χ1) is 7.35. The SMILES string of the molecule is CCc1nccn1-c1ncc(CCl)cn1. The van der Waals surface area contributed by atoms with Crippen LogP contribution in [-0.4, -0.2) is 19.5 Å². The summed E-state index contributed by atoms with van der Waals surface area (Å²) in [5.74, 6) is 2.03. The van der Waals surface area contributed by atoms with E-state index in [1.54, 1.807) is 18.6 Å². The van der Waals surface area contributed by atoms with E-state index in [4.69, 9.17) is 11.6 Å². The Morgan fingerprint density at radius 2 is 2.00 bits per heavy atom. The molecule has 0 radical (unpaired) electrons. The zero-order valence-electron chi connectivity index (χ0n) is 8.39. The van der Waals surface area contributed by atoms with Gasteiger partial charge in [0, 0.05) is 36.8 Å². The first-order valence-corrected chi connectivity index (χ1v) is 5.28. The van der Waals surface area contributed by atoms with Gasteiger partial charge in [-0.05, 0) is 0 Å². The summed E-state index contributed by atoms with van der Waals surface area (Å²) in [6.07, 6.45) is 7.92. The Bertz CT molecular complexity index is 435. The van der Waals surface area contributed by atoms with Gasteiger partial charge in [-0.25, -0.2) is 15.0 Å². The van der Waals surface area contributed by atoms with E-state index in [2.05, 4.69) is 15.0 Å². The molecule has 0 saturated carbocycles. The smallest absolute Gasteiger partial charge is 0.235 e. The second kappa shape index (κ2) is 4.40. The third-order valence-electron chi connectivity index (χ3n) is 2.10. The van der Waals surface area contributed by atoms with Gasteiger partial charge in [-0.3, -0.25) is 4.57 Å². The van der Waals surface area contributed by atoms with Crippen molar-refractivity contribution in [3.05, 3.63) is 36.2 Å². The van der Waals surface area contributed by atoms with E-state index >= 15 is 0 Å². The highest BCUT2D eigenvalue weighted by atomic mass is 35.5. The van der Waals surface area contributed by atoms with Crippen LogP contribution >= 0.6 is 11.6 Å². The summed E-state index contributed by atoms with van der Waals surface area (Å²) in [6, 6.07) is 0. The van der Waals surface area contributed by atoms with E-state index in [-0.39, 0.29) is 0 Å². The maximum Gasteiger partial charge on any atom is 0.235 e. The highest BCUT2D eigenvalue weighted by Crippen LogP contribution is 2.07. The molecule has 0 saturated heterocycles. The molecule has 0 unspecified atom stereocenters. The van der Waals surface area contributed by atoms with Crippen molar-refractivity contribution in [2.45, 2.75) is 19.2 Å². The summed E-state index contributed by atoms with van der Waals surface area (Å²) in [6.45, 7) is 2.05. The normalized spacial score (nSPS) is 10.5. The average Bonchev–Trinajstić information content (AvgIpc) is 2.77. The van der Waals surface area contributed by atoms with Gasteiger partial charge in [0.2, 0.25) is 5.95 Å². The summed E-state index contributed by atoms with van der Waals surface area (Å²) in [7, 11) is 0. The van der Waals surface area contributed by atoms with Crippen LogP contribution in [0.5, 0.6) is 0 Å². The molecule has 0 aliphatic heterocycles. The maximum absolute atomic E-state index is 5.66. The van der Waals surface area contributed by atoms with Crippen molar-refractivity contribution in [1.82, 2.24) is 19.5 Å². The lowest BCUT2D eigenvalue weighted by Gasteiger charge is -2.03. The van der Waals surface area contributed by atoms with E-state index in [0.717, 1.165) is 17.8 Å². The fourth-order valence-corrected chi connectivity index (χ4v) is 1.46. The molecular weight excluding hydrogens is 212 g/mol. The van der Waals surface area contributed by atoms with Crippen LogP contribution in [0.25, 0.3) is 5.95 Å². The fourth-order valence-electron chi connectivity index (χ4n) is 1.32. The average molecular weight is 223 g/mol. The Kier molecular flexibility index (Phi) is 2.97. The molecule has 2 aromatic heterocycles. The molecule has 78 valence electrons. The van der Waals surface area contributed by atoms with Crippen LogP contribution in [0.15, 0.2) is 24.8 Å². The lowest BCUT2D eigenvalue weighted by Crippen LogP contribution is -2.04. The third kappa shape index (κ3) is 1.99. The largest absolute Gasteiger partial charge is 0.272 e. The molecule has 2 aromatic rings. The molecule has 15 heavy (non-hydrogen) atoms. The summed E-state index contributed by atoms with van der Waals surface area (Å²) in [5.41, 5.74) is 0.915. The molecule has 0 atom stereocenters. The minimum Gasteiger partial charge on any atom is -0.272 e. The number of imidazole rings is 1. The van der Waals surface area contributed by atoms with Crippen LogP contribution in [0.1, 0.15) is 18.3 Å². The van der Waals surface area contributed by atoms with Gasteiger partial charge >= 0.3 is 0 Å². The number of hydrogen-bond acceptors (Lipinski definition) is 3. The number of aryl methyl sites for hydroxylation is 1. The Balaban J connectivity index is 2.37. The Hall–Kier alpha value is -1.42. The summed E-state index contributed by atoms with van der Waals surface area (Å²) >= 11 is 5.66. The zero-order chi connectivity index (χ0) is 10.7. The molecule has 0 amide bonds. The molecule has 2 heterocycles. The standard InChI is InChI=1S/C10H11ClN4/c1-2-9-12-3-4-15(9)10-13-6-8(5-11)7-14-10/h3-4,6-7H,2,5H2,1H3. The molecule has 5 heteroatoms. The van der Waals surface area contributed by atoms with Crippen LogP contribution in [0.2, 0.25) is 0 Å².